The van der Waals surface area contributed by atoms with Crippen molar-refractivity contribution in [2.45, 2.75) is 33.1 Å². The first-order chi connectivity index (χ1) is 5.66. The number of hydrogen-bond donors (Lipinski definition) is 1. The van der Waals surface area contributed by atoms with E-state index in [2.05, 4.69) is 0 Å². The van der Waals surface area contributed by atoms with Gasteiger partial charge in [0.25, 0.3) is 0 Å². The zero-order valence-electron chi connectivity index (χ0n) is 7.88. The monoisotopic (exact) mass is 174 g/mol. The van der Waals surface area contributed by atoms with Crippen molar-refractivity contribution in [1.29, 1.82) is 0 Å². The maximum Gasteiger partial charge on any atom is 0.303 e. The predicted molar refractivity (Wildman–Crippen MR) is 47.1 cm³/mol. The van der Waals surface area contributed by atoms with E-state index in [0.717, 1.165) is 26.1 Å². The third-order valence-corrected chi connectivity index (χ3v) is 1.71. The fourth-order valence-corrected chi connectivity index (χ4v) is 1.08. The van der Waals surface area contributed by atoms with E-state index in [4.69, 9.17) is 9.84 Å². The third kappa shape index (κ3) is 7.54. The zero-order valence-corrected chi connectivity index (χ0v) is 7.88. The first-order valence-electron chi connectivity index (χ1n) is 4.46. The third-order valence-electron chi connectivity index (χ3n) is 1.71. The van der Waals surface area contributed by atoms with E-state index in [1.54, 1.807) is 0 Å². The summed E-state index contributed by atoms with van der Waals surface area (Å²) in [5.41, 5.74) is 0. The first kappa shape index (κ1) is 11.4. The Morgan fingerprint density at radius 2 is 2.25 bits per heavy atom. The van der Waals surface area contributed by atoms with Gasteiger partial charge in [-0.2, -0.15) is 0 Å². The minimum Gasteiger partial charge on any atom is -0.481 e. The molecule has 3 heteroatoms. The van der Waals surface area contributed by atoms with Gasteiger partial charge < -0.3 is 9.84 Å². The van der Waals surface area contributed by atoms with Gasteiger partial charge in [0.15, 0.2) is 0 Å². The van der Waals surface area contributed by atoms with Gasteiger partial charge >= 0.3 is 5.97 Å². The number of rotatable bonds is 7. The molecule has 0 saturated heterocycles. The molecule has 0 amide bonds. The standard InChI is InChI=1S/C9H18O3/c1-3-12-6-4-5-8(2)7-9(10)11/h8H,3-7H2,1-2H3,(H,10,11). The average molecular weight is 174 g/mol. The lowest BCUT2D eigenvalue weighted by Gasteiger charge is -2.07. The minimum absolute atomic E-state index is 0.267. The molecule has 0 aliphatic heterocycles. The van der Waals surface area contributed by atoms with Crippen molar-refractivity contribution in [1.82, 2.24) is 0 Å². The quantitative estimate of drug-likeness (QED) is 0.600. The van der Waals surface area contributed by atoms with Crippen molar-refractivity contribution >= 4 is 5.97 Å². The molecule has 3 nitrogen and oxygen atoms in total. The maximum absolute atomic E-state index is 10.3. The molecule has 0 bridgehead atoms. The van der Waals surface area contributed by atoms with Crippen LogP contribution in [-0.2, 0) is 9.53 Å². The molecule has 0 saturated carbocycles. The molecule has 0 rings (SSSR count). The molecule has 0 aliphatic rings. The molecule has 0 radical (unpaired) electrons. The molecule has 0 fully saturated rings. The average Bonchev–Trinajstić information content (AvgIpc) is 1.97. The first-order valence-corrected chi connectivity index (χ1v) is 4.46. The Balaban J connectivity index is 3.19. The molecular formula is C9H18O3. The van der Waals surface area contributed by atoms with Crippen molar-refractivity contribution < 1.29 is 14.6 Å². The summed E-state index contributed by atoms with van der Waals surface area (Å²) in [6.07, 6.45) is 2.17. The van der Waals surface area contributed by atoms with E-state index in [-0.39, 0.29) is 12.3 Å². The van der Waals surface area contributed by atoms with E-state index in [1.165, 1.54) is 0 Å². The summed E-state index contributed by atoms with van der Waals surface area (Å²) in [4.78, 5) is 10.3. The van der Waals surface area contributed by atoms with Crippen molar-refractivity contribution in [2.75, 3.05) is 13.2 Å². The second-order valence-corrected chi connectivity index (χ2v) is 3.04. The Kier molecular flexibility index (Phi) is 6.76. The zero-order chi connectivity index (χ0) is 9.40. The van der Waals surface area contributed by atoms with E-state index >= 15 is 0 Å². The van der Waals surface area contributed by atoms with Crippen LogP contribution in [0.25, 0.3) is 0 Å². The van der Waals surface area contributed by atoms with E-state index < -0.39 is 5.97 Å². The number of carbonyl (C=O) groups is 1. The van der Waals surface area contributed by atoms with Crippen LogP contribution in [-0.4, -0.2) is 24.3 Å². The molecule has 0 aromatic heterocycles. The lowest BCUT2D eigenvalue weighted by atomic mass is 10.0. The molecule has 0 spiro atoms. The van der Waals surface area contributed by atoms with E-state index in [0.29, 0.717) is 0 Å². The lowest BCUT2D eigenvalue weighted by Crippen LogP contribution is -2.05. The molecule has 0 aromatic rings. The Bertz CT molecular complexity index is 123. The highest BCUT2D eigenvalue weighted by molar-refractivity contribution is 5.66. The van der Waals surface area contributed by atoms with Crippen molar-refractivity contribution in [3.05, 3.63) is 0 Å². The maximum atomic E-state index is 10.3. The largest absolute Gasteiger partial charge is 0.481 e. The highest BCUT2D eigenvalue weighted by Gasteiger charge is 2.06. The number of ether oxygens (including phenoxy) is 1. The van der Waals surface area contributed by atoms with Gasteiger partial charge in [0.1, 0.15) is 0 Å². The second-order valence-electron chi connectivity index (χ2n) is 3.04. The number of carboxylic acids is 1. The highest BCUT2D eigenvalue weighted by Crippen LogP contribution is 2.09. The van der Waals surface area contributed by atoms with Gasteiger partial charge in [-0.15, -0.1) is 0 Å². The molecule has 0 heterocycles. The molecule has 1 N–H and O–H groups in total. The highest BCUT2D eigenvalue weighted by atomic mass is 16.5. The summed E-state index contributed by atoms with van der Waals surface area (Å²) in [5, 5.41) is 8.46. The van der Waals surface area contributed by atoms with Crippen LogP contribution in [0.2, 0.25) is 0 Å². The van der Waals surface area contributed by atoms with Crippen molar-refractivity contribution in [2.24, 2.45) is 5.92 Å². The van der Waals surface area contributed by atoms with Gasteiger partial charge in [0.05, 0.1) is 0 Å². The molecule has 1 atom stereocenters. The fraction of sp³-hybridized carbons (Fsp3) is 0.889. The van der Waals surface area contributed by atoms with Gasteiger partial charge in [0, 0.05) is 19.6 Å². The lowest BCUT2D eigenvalue weighted by molar-refractivity contribution is -0.138. The molecule has 12 heavy (non-hydrogen) atoms. The van der Waals surface area contributed by atoms with Crippen LogP contribution in [0.5, 0.6) is 0 Å². The molecule has 0 aliphatic carbocycles. The molecular weight excluding hydrogens is 156 g/mol. The van der Waals surface area contributed by atoms with Gasteiger partial charge in [-0.05, 0) is 25.7 Å². The summed E-state index contributed by atoms with van der Waals surface area (Å²) >= 11 is 0. The summed E-state index contributed by atoms with van der Waals surface area (Å²) in [5.74, 6) is -0.443. The van der Waals surface area contributed by atoms with Gasteiger partial charge in [0.2, 0.25) is 0 Å². The van der Waals surface area contributed by atoms with Crippen LogP contribution in [0, 0.1) is 5.92 Å². The van der Waals surface area contributed by atoms with Crippen LogP contribution < -0.4 is 0 Å². The normalized spacial score (nSPS) is 12.8. The van der Waals surface area contributed by atoms with Crippen molar-refractivity contribution in [3.63, 3.8) is 0 Å². The van der Waals surface area contributed by atoms with Crippen LogP contribution >= 0.6 is 0 Å². The SMILES string of the molecule is CCOCCCC(C)CC(=O)O. The van der Waals surface area contributed by atoms with Gasteiger partial charge in [-0.1, -0.05) is 6.92 Å². The van der Waals surface area contributed by atoms with Gasteiger partial charge in [-0.3, -0.25) is 4.79 Å². The van der Waals surface area contributed by atoms with Crippen LogP contribution in [0.4, 0.5) is 0 Å². The topological polar surface area (TPSA) is 46.5 Å². The summed E-state index contributed by atoms with van der Waals surface area (Å²) in [6, 6.07) is 0. The van der Waals surface area contributed by atoms with E-state index in [1.807, 2.05) is 13.8 Å². The fourth-order valence-electron chi connectivity index (χ4n) is 1.08. The Labute approximate surface area is 73.7 Å². The minimum atomic E-state index is -0.709. The predicted octanol–water partition coefficient (Wildman–Crippen LogP) is 1.91. The Morgan fingerprint density at radius 3 is 2.75 bits per heavy atom. The van der Waals surface area contributed by atoms with E-state index in [9.17, 15) is 4.79 Å². The Hall–Kier alpha value is -0.570. The van der Waals surface area contributed by atoms with Crippen LogP contribution in [0.3, 0.4) is 0 Å². The Morgan fingerprint density at radius 1 is 1.58 bits per heavy atom. The number of hydrogen-bond acceptors (Lipinski definition) is 2. The van der Waals surface area contributed by atoms with Gasteiger partial charge in [-0.25, -0.2) is 0 Å². The smallest absolute Gasteiger partial charge is 0.303 e. The van der Waals surface area contributed by atoms with Crippen LogP contribution in [0.15, 0.2) is 0 Å². The molecule has 0 aromatic carbocycles. The number of aliphatic carboxylic acids is 1. The van der Waals surface area contributed by atoms with Crippen LogP contribution in [0.1, 0.15) is 33.1 Å². The summed E-state index contributed by atoms with van der Waals surface area (Å²) in [7, 11) is 0. The summed E-state index contributed by atoms with van der Waals surface area (Å²) < 4.78 is 5.14. The number of carboxylic acid groups (broad SMARTS) is 1. The molecule has 1 unspecified atom stereocenters. The second kappa shape index (κ2) is 7.10. The van der Waals surface area contributed by atoms with Crippen molar-refractivity contribution in [3.8, 4) is 0 Å². The molecule has 72 valence electrons. The summed E-state index contributed by atoms with van der Waals surface area (Å²) in [6.45, 7) is 5.41.